The zero-order valence-electron chi connectivity index (χ0n) is 14.3. The SMILES string of the molecule is CCC(C)(CC)C(=O)OC1(CC)C2CC3CC(C2)CC1C3. The fourth-order valence-corrected chi connectivity index (χ4v) is 5.63. The summed E-state index contributed by atoms with van der Waals surface area (Å²) in [5, 5.41) is 0. The molecule has 0 atom stereocenters. The molecular formula is C19H32O2. The minimum Gasteiger partial charge on any atom is -0.458 e. The van der Waals surface area contributed by atoms with Crippen molar-refractivity contribution in [2.24, 2.45) is 29.1 Å². The standard InChI is InChI=1S/C19H32O2/c1-5-18(4,6-2)17(20)21-19(7-3)15-9-13-8-14(11-15)12-16(19)10-13/h13-16H,5-12H2,1-4H3. The van der Waals surface area contributed by atoms with Crippen LogP contribution >= 0.6 is 0 Å². The summed E-state index contributed by atoms with van der Waals surface area (Å²) in [6.45, 7) is 8.54. The lowest BCUT2D eigenvalue weighted by atomic mass is 9.49. The first kappa shape index (κ1) is 15.4. The molecule has 4 rings (SSSR count). The van der Waals surface area contributed by atoms with E-state index in [4.69, 9.17) is 4.74 Å². The second-order valence-corrected chi connectivity index (χ2v) is 8.27. The van der Waals surface area contributed by atoms with Crippen molar-refractivity contribution in [2.75, 3.05) is 0 Å². The van der Waals surface area contributed by atoms with Crippen LogP contribution in [0.15, 0.2) is 0 Å². The van der Waals surface area contributed by atoms with E-state index in [-0.39, 0.29) is 17.0 Å². The molecule has 0 heterocycles. The summed E-state index contributed by atoms with van der Waals surface area (Å²) in [6, 6.07) is 0. The van der Waals surface area contributed by atoms with E-state index in [0.717, 1.165) is 31.1 Å². The molecule has 21 heavy (non-hydrogen) atoms. The lowest BCUT2D eigenvalue weighted by molar-refractivity contribution is -0.219. The highest BCUT2D eigenvalue weighted by Gasteiger charge is 2.59. The molecule has 0 unspecified atom stereocenters. The predicted octanol–water partition coefficient (Wildman–Crippen LogP) is 4.96. The van der Waals surface area contributed by atoms with E-state index < -0.39 is 0 Å². The maximum atomic E-state index is 12.9. The summed E-state index contributed by atoms with van der Waals surface area (Å²) in [5.41, 5.74) is -0.424. The van der Waals surface area contributed by atoms with Crippen LogP contribution in [0.4, 0.5) is 0 Å². The van der Waals surface area contributed by atoms with Crippen LogP contribution in [0, 0.1) is 29.1 Å². The Labute approximate surface area is 130 Å². The molecule has 0 N–H and O–H groups in total. The Kier molecular flexibility index (Phi) is 3.86. The molecule has 0 aromatic rings. The highest BCUT2D eigenvalue weighted by Crippen LogP contribution is 2.61. The van der Waals surface area contributed by atoms with Gasteiger partial charge in [0.25, 0.3) is 0 Å². The van der Waals surface area contributed by atoms with Gasteiger partial charge in [-0.3, -0.25) is 4.79 Å². The van der Waals surface area contributed by atoms with Gasteiger partial charge in [0.05, 0.1) is 5.41 Å². The number of rotatable bonds is 5. The summed E-state index contributed by atoms with van der Waals surface area (Å²) >= 11 is 0. The molecule has 0 aromatic heterocycles. The third-order valence-corrected chi connectivity index (χ3v) is 7.41. The quantitative estimate of drug-likeness (QED) is 0.669. The third kappa shape index (κ3) is 2.24. The summed E-state index contributed by atoms with van der Waals surface area (Å²) < 4.78 is 6.37. The van der Waals surface area contributed by atoms with Crippen LogP contribution < -0.4 is 0 Å². The van der Waals surface area contributed by atoms with Gasteiger partial charge in [0, 0.05) is 0 Å². The predicted molar refractivity (Wildman–Crippen MR) is 84.8 cm³/mol. The number of ether oxygens (including phenoxy) is 1. The van der Waals surface area contributed by atoms with Gasteiger partial charge >= 0.3 is 5.97 Å². The number of carbonyl (C=O) groups is 1. The van der Waals surface area contributed by atoms with Gasteiger partial charge in [-0.25, -0.2) is 0 Å². The molecule has 4 saturated carbocycles. The normalized spacial score (nSPS) is 41.3. The van der Waals surface area contributed by atoms with E-state index >= 15 is 0 Å². The maximum Gasteiger partial charge on any atom is 0.312 e. The molecule has 0 aromatic carbocycles. The Morgan fingerprint density at radius 2 is 1.48 bits per heavy atom. The summed E-state index contributed by atoms with van der Waals surface area (Å²) in [5.74, 6) is 3.20. The minimum atomic E-state index is -0.295. The fourth-order valence-electron chi connectivity index (χ4n) is 5.63. The Hall–Kier alpha value is -0.530. The second kappa shape index (κ2) is 5.28. The molecule has 4 aliphatic carbocycles. The van der Waals surface area contributed by atoms with Gasteiger partial charge in [-0.05, 0) is 82.0 Å². The van der Waals surface area contributed by atoms with Crippen molar-refractivity contribution in [3.63, 3.8) is 0 Å². The van der Waals surface area contributed by atoms with Crippen molar-refractivity contribution in [3.05, 3.63) is 0 Å². The highest BCUT2D eigenvalue weighted by molar-refractivity contribution is 5.76. The van der Waals surface area contributed by atoms with Crippen molar-refractivity contribution in [2.45, 2.75) is 84.7 Å². The average Bonchev–Trinajstić information content (AvgIpc) is 2.49. The number of carbonyl (C=O) groups excluding carboxylic acids is 1. The Balaban J connectivity index is 1.83. The Morgan fingerprint density at radius 1 is 1.00 bits per heavy atom. The molecule has 4 fully saturated rings. The monoisotopic (exact) mass is 292 g/mol. The van der Waals surface area contributed by atoms with Crippen LogP contribution in [0.2, 0.25) is 0 Å². The lowest BCUT2D eigenvalue weighted by Gasteiger charge is -2.60. The maximum absolute atomic E-state index is 12.9. The number of hydrogen-bond donors (Lipinski definition) is 0. The minimum absolute atomic E-state index is 0.0711. The first-order valence-corrected chi connectivity index (χ1v) is 9.20. The van der Waals surface area contributed by atoms with Crippen molar-refractivity contribution < 1.29 is 9.53 Å². The largest absolute Gasteiger partial charge is 0.458 e. The van der Waals surface area contributed by atoms with Crippen molar-refractivity contribution in [3.8, 4) is 0 Å². The zero-order chi connectivity index (χ0) is 15.3. The van der Waals surface area contributed by atoms with Crippen LogP contribution in [0.25, 0.3) is 0 Å². The molecular weight excluding hydrogens is 260 g/mol. The smallest absolute Gasteiger partial charge is 0.312 e. The Morgan fingerprint density at radius 3 is 1.86 bits per heavy atom. The molecule has 120 valence electrons. The van der Waals surface area contributed by atoms with Crippen LogP contribution in [-0.2, 0) is 9.53 Å². The molecule has 0 amide bonds. The van der Waals surface area contributed by atoms with Crippen molar-refractivity contribution >= 4 is 5.97 Å². The third-order valence-electron chi connectivity index (χ3n) is 7.41. The molecule has 2 nitrogen and oxygen atoms in total. The summed E-state index contributed by atoms with van der Waals surface area (Å²) in [6.07, 6.45) is 9.45. The van der Waals surface area contributed by atoms with Gasteiger partial charge in [0.2, 0.25) is 0 Å². The molecule has 4 bridgehead atoms. The van der Waals surface area contributed by atoms with Crippen LogP contribution in [0.1, 0.15) is 79.1 Å². The van der Waals surface area contributed by atoms with Crippen molar-refractivity contribution in [1.29, 1.82) is 0 Å². The van der Waals surface area contributed by atoms with E-state index in [1.807, 2.05) is 0 Å². The van der Waals surface area contributed by atoms with Crippen LogP contribution in [-0.4, -0.2) is 11.6 Å². The Bertz CT molecular complexity index is 380. The van der Waals surface area contributed by atoms with Gasteiger partial charge in [0.15, 0.2) is 0 Å². The van der Waals surface area contributed by atoms with E-state index in [1.54, 1.807) is 0 Å². The first-order valence-electron chi connectivity index (χ1n) is 9.20. The topological polar surface area (TPSA) is 26.3 Å². The molecule has 2 heteroatoms. The molecule has 0 spiro atoms. The van der Waals surface area contributed by atoms with Gasteiger partial charge in [-0.2, -0.15) is 0 Å². The molecule has 0 aliphatic heterocycles. The lowest BCUT2D eigenvalue weighted by Crippen LogP contribution is -2.60. The van der Waals surface area contributed by atoms with E-state index in [0.29, 0.717) is 11.8 Å². The highest BCUT2D eigenvalue weighted by atomic mass is 16.6. The molecule has 4 aliphatic rings. The van der Waals surface area contributed by atoms with Gasteiger partial charge in [0.1, 0.15) is 5.60 Å². The van der Waals surface area contributed by atoms with E-state index in [1.165, 1.54) is 32.1 Å². The molecule has 0 saturated heterocycles. The van der Waals surface area contributed by atoms with Gasteiger partial charge in [-0.1, -0.05) is 20.8 Å². The zero-order valence-corrected chi connectivity index (χ0v) is 14.3. The van der Waals surface area contributed by atoms with Gasteiger partial charge < -0.3 is 4.74 Å². The van der Waals surface area contributed by atoms with Crippen molar-refractivity contribution in [1.82, 2.24) is 0 Å². The van der Waals surface area contributed by atoms with E-state index in [2.05, 4.69) is 27.7 Å². The van der Waals surface area contributed by atoms with Crippen LogP contribution in [0.5, 0.6) is 0 Å². The summed E-state index contributed by atoms with van der Waals surface area (Å²) in [4.78, 5) is 12.9. The summed E-state index contributed by atoms with van der Waals surface area (Å²) in [7, 11) is 0. The van der Waals surface area contributed by atoms with Gasteiger partial charge in [-0.15, -0.1) is 0 Å². The number of hydrogen-bond acceptors (Lipinski definition) is 2. The first-order chi connectivity index (χ1) is 9.97. The second-order valence-electron chi connectivity index (χ2n) is 8.27. The number of esters is 1. The molecule has 0 radical (unpaired) electrons. The average molecular weight is 292 g/mol. The van der Waals surface area contributed by atoms with Crippen LogP contribution in [0.3, 0.4) is 0 Å². The fraction of sp³-hybridized carbons (Fsp3) is 0.947. The van der Waals surface area contributed by atoms with E-state index in [9.17, 15) is 4.79 Å².